The molecule has 18 heavy (non-hydrogen) atoms. The van der Waals surface area contributed by atoms with Crippen molar-refractivity contribution in [2.75, 3.05) is 20.2 Å². The van der Waals surface area contributed by atoms with Gasteiger partial charge in [0.05, 0.1) is 19.2 Å². The van der Waals surface area contributed by atoms with Crippen molar-refractivity contribution in [2.24, 2.45) is 0 Å². The third-order valence-corrected chi connectivity index (χ3v) is 4.02. The second-order valence-electron chi connectivity index (χ2n) is 5.19. The molecule has 0 aromatic carbocycles. The largest absolute Gasteiger partial charge is 0.468 e. The highest BCUT2D eigenvalue weighted by atomic mass is 16.5. The number of methoxy groups -OCH3 is 1. The number of rotatable bonds is 5. The number of esters is 1. The maximum atomic E-state index is 12.0. The lowest BCUT2D eigenvalue weighted by Gasteiger charge is -2.41. The predicted molar refractivity (Wildman–Crippen MR) is 67.0 cm³/mol. The Bertz CT molecular complexity index is 339. The van der Waals surface area contributed by atoms with Crippen molar-refractivity contribution in [1.82, 2.24) is 10.2 Å². The van der Waals surface area contributed by atoms with Gasteiger partial charge >= 0.3 is 5.97 Å². The SMILES string of the molecule is CCCCCN1C(=O)CN[C@@H](C(=O)OC)C12CC2. The summed E-state index contributed by atoms with van der Waals surface area (Å²) in [6.45, 7) is 3.15. The van der Waals surface area contributed by atoms with E-state index in [0.717, 1.165) is 38.6 Å². The topological polar surface area (TPSA) is 58.6 Å². The molecule has 1 atom stereocenters. The van der Waals surface area contributed by atoms with E-state index in [0.29, 0.717) is 0 Å². The van der Waals surface area contributed by atoms with Crippen LogP contribution in [0.2, 0.25) is 0 Å². The van der Waals surface area contributed by atoms with E-state index in [-0.39, 0.29) is 30.0 Å². The summed E-state index contributed by atoms with van der Waals surface area (Å²) in [7, 11) is 1.40. The minimum absolute atomic E-state index is 0.115. The number of nitrogens with one attached hydrogen (secondary N) is 1. The van der Waals surface area contributed by atoms with Crippen molar-refractivity contribution in [1.29, 1.82) is 0 Å². The number of carbonyl (C=O) groups is 2. The average molecular weight is 254 g/mol. The number of piperazine rings is 1. The van der Waals surface area contributed by atoms with Crippen LogP contribution in [0.4, 0.5) is 0 Å². The molecule has 1 saturated heterocycles. The lowest BCUT2D eigenvalue weighted by Crippen LogP contribution is -2.65. The Morgan fingerprint density at radius 1 is 1.50 bits per heavy atom. The van der Waals surface area contributed by atoms with Crippen LogP contribution >= 0.6 is 0 Å². The third-order valence-electron chi connectivity index (χ3n) is 4.02. The summed E-state index contributed by atoms with van der Waals surface area (Å²) in [4.78, 5) is 25.7. The fourth-order valence-corrected chi connectivity index (χ4v) is 2.85. The van der Waals surface area contributed by atoms with Gasteiger partial charge in [0, 0.05) is 6.54 Å². The molecule has 1 aliphatic carbocycles. The summed E-state index contributed by atoms with van der Waals surface area (Å²) in [6, 6.07) is -0.346. The summed E-state index contributed by atoms with van der Waals surface area (Å²) >= 11 is 0. The van der Waals surface area contributed by atoms with Crippen molar-refractivity contribution in [3.8, 4) is 0 Å². The molecule has 1 aliphatic heterocycles. The van der Waals surface area contributed by atoms with Crippen LogP contribution in [0.25, 0.3) is 0 Å². The van der Waals surface area contributed by atoms with E-state index in [1.54, 1.807) is 0 Å². The molecule has 2 fully saturated rings. The second kappa shape index (κ2) is 5.26. The first-order valence-corrected chi connectivity index (χ1v) is 6.77. The first-order valence-electron chi connectivity index (χ1n) is 6.77. The van der Waals surface area contributed by atoms with Gasteiger partial charge in [-0.05, 0) is 19.3 Å². The molecule has 5 heteroatoms. The van der Waals surface area contributed by atoms with Gasteiger partial charge in [-0.25, -0.2) is 0 Å². The summed E-state index contributed by atoms with van der Waals surface area (Å²) in [5.74, 6) is -0.135. The summed E-state index contributed by atoms with van der Waals surface area (Å²) in [5.41, 5.74) is -0.295. The van der Waals surface area contributed by atoms with E-state index in [4.69, 9.17) is 4.74 Å². The molecular weight excluding hydrogens is 232 g/mol. The highest BCUT2D eigenvalue weighted by Crippen LogP contribution is 2.46. The molecule has 0 radical (unpaired) electrons. The van der Waals surface area contributed by atoms with E-state index in [1.807, 2.05) is 4.90 Å². The minimum Gasteiger partial charge on any atom is -0.468 e. The summed E-state index contributed by atoms with van der Waals surface area (Å²) in [5, 5.41) is 3.03. The molecule has 0 aromatic rings. The summed E-state index contributed by atoms with van der Waals surface area (Å²) < 4.78 is 4.84. The fraction of sp³-hybridized carbons (Fsp3) is 0.846. The van der Waals surface area contributed by atoms with Crippen LogP contribution in [-0.4, -0.2) is 48.6 Å². The molecule has 102 valence electrons. The first-order chi connectivity index (χ1) is 8.65. The average Bonchev–Trinajstić information content (AvgIpc) is 3.14. The van der Waals surface area contributed by atoms with Gasteiger partial charge in [-0.15, -0.1) is 0 Å². The van der Waals surface area contributed by atoms with E-state index >= 15 is 0 Å². The van der Waals surface area contributed by atoms with Gasteiger partial charge in [0.25, 0.3) is 0 Å². The Labute approximate surface area is 108 Å². The Hall–Kier alpha value is -1.10. The maximum absolute atomic E-state index is 12.0. The van der Waals surface area contributed by atoms with Gasteiger partial charge in [-0.3, -0.25) is 14.9 Å². The smallest absolute Gasteiger partial charge is 0.325 e. The van der Waals surface area contributed by atoms with E-state index in [1.165, 1.54) is 7.11 Å². The molecule has 1 saturated carbocycles. The number of hydrogen-bond donors (Lipinski definition) is 1. The number of nitrogens with zero attached hydrogens (tertiary/aromatic N) is 1. The Balaban J connectivity index is 2.06. The zero-order chi connectivity index (χ0) is 13.2. The number of amides is 1. The quantitative estimate of drug-likeness (QED) is 0.579. The third kappa shape index (κ3) is 2.23. The number of ether oxygens (including phenoxy) is 1. The molecular formula is C13H22N2O3. The van der Waals surface area contributed by atoms with Gasteiger partial charge < -0.3 is 9.64 Å². The van der Waals surface area contributed by atoms with Crippen LogP contribution in [0, 0.1) is 0 Å². The summed E-state index contributed by atoms with van der Waals surface area (Å²) in [6.07, 6.45) is 5.07. The minimum atomic E-state index is -0.346. The van der Waals surface area contributed by atoms with Crippen molar-refractivity contribution in [2.45, 2.75) is 50.6 Å². The molecule has 0 bridgehead atoms. The van der Waals surface area contributed by atoms with Crippen LogP contribution in [0.5, 0.6) is 0 Å². The lowest BCUT2D eigenvalue weighted by molar-refractivity contribution is -0.151. The van der Waals surface area contributed by atoms with Gasteiger partial charge in [0.2, 0.25) is 5.91 Å². The van der Waals surface area contributed by atoms with Crippen molar-refractivity contribution < 1.29 is 14.3 Å². The number of hydrogen-bond acceptors (Lipinski definition) is 4. The predicted octanol–water partition coefficient (Wildman–Crippen LogP) is 0.683. The van der Waals surface area contributed by atoms with Gasteiger partial charge in [0.1, 0.15) is 6.04 Å². The van der Waals surface area contributed by atoms with Crippen LogP contribution in [-0.2, 0) is 14.3 Å². The van der Waals surface area contributed by atoms with Crippen LogP contribution in [0.1, 0.15) is 39.0 Å². The second-order valence-corrected chi connectivity index (χ2v) is 5.19. The van der Waals surface area contributed by atoms with Crippen molar-refractivity contribution in [3.63, 3.8) is 0 Å². The van der Waals surface area contributed by atoms with Crippen LogP contribution in [0.3, 0.4) is 0 Å². The highest BCUT2D eigenvalue weighted by Gasteiger charge is 2.60. The molecule has 0 aromatic heterocycles. The van der Waals surface area contributed by atoms with E-state index < -0.39 is 0 Å². The van der Waals surface area contributed by atoms with Gasteiger partial charge in [-0.2, -0.15) is 0 Å². The molecule has 1 spiro atoms. The molecule has 2 aliphatic rings. The maximum Gasteiger partial charge on any atom is 0.325 e. The molecule has 1 heterocycles. The normalized spacial score (nSPS) is 25.3. The number of unbranched alkanes of at least 4 members (excludes halogenated alkanes) is 2. The molecule has 1 N–H and O–H groups in total. The van der Waals surface area contributed by atoms with Gasteiger partial charge in [-0.1, -0.05) is 19.8 Å². The molecule has 0 unspecified atom stereocenters. The Morgan fingerprint density at radius 2 is 2.22 bits per heavy atom. The van der Waals surface area contributed by atoms with E-state index in [9.17, 15) is 9.59 Å². The number of carbonyl (C=O) groups excluding carboxylic acids is 2. The highest BCUT2D eigenvalue weighted by molar-refractivity contribution is 5.87. The fourth-order valence-electron chi connectivity index (χ4n) is 2.85. The molecule has 2 rings (SSSR count). The van der Waals surface area contributed by atoms with E-state index in [2.05, 4.69) is 12.2 Å². The Kier molecular flexibility index (Phi) is 3.90. The molecule has 5 nitrogen and oxygen atoms in total. The first kappa shape index (κ1) is 13.3. The van der Waals surface area contributed by atoms with Gasteiger partial charge in [0.15, 0.2) is 0 Å². The standard InChI is InChI=1S/C13H22N2O3/c1-3-4-5-8-15-10(16)9-14-11(12(17)18-2)13(15)6-7-13/h11,14H,3-9H2,1-2H3/t11-/m0/s1. The molecule has 1 amide bonds. The monoisotopic (exact) mass is 254 g/mol. The lowest BCUT2D eigenvalue weighted by atomic mass is 10.00. The van der Waals surface area contributed by atoms with Crippen molar-refractivity contribution in [3.05, 3.63) is 0 Å². The Morgan fingerprint density at radius 3 is 2.78 bits per heavy atom. The van der Waals surface area contributed by atoms with Crippen molar-refractivity contribution >= 4 is 11.9 Å². The van der Waals surface area contributed by atoms with Crippen LogP contribution in [0.15, 0.2) is 0 Å². The zero-order valence-corrected chi connectivity index (χ0v) is 11.2. The van der Waals surface area contributed by atoms with Crippen LogP contribution < -0.4 is 5.32 Å². The zero-order valence-electron chi connectivity index (χ0n) is 11.2.